The quantitative estimate of drug-likeness (QED) is 0.714. The molecule has 1 aliphatic carbocycles. The van der Waals surface area contributed by atoms with Crippen LogP contribution in [0.25, 0.3) is 0 Å². The van der Waals surface area contributed by atoms with Crippen LogP contribution in [0.4, 0.5) is 0 Å². The summed E-state index contributed by atoms with van der Waals surface area (Å²) >= 11 is 0. The molecule has 0 saturated heterocycles. The maximum absolute atomic E-state index is 9.95. The standard InChI is InChI=1S/C12H24O/c1-5-6-11(13)10-8-12(3,4)7-9(10)2/h9-11,13H,5-8H2,1-4H3. The zero-order chi connectivity index (χ0) is 10.1. The molecule has 0 radical (unpaired) electrons. The van der Waals surface area contributed by atoms with Gasteiger partial charge < -0.3 is 5.11 Å². The van der Waals surface area contributed by atoms with E-state index in [9.17, 15) is 5.11 Å². The highest BCUT2D eigenvalue weighted by Gasteiger charge is 2.39. The van der Waals surface area contributed by atoms with Crippen LogP contribution in [-0.4, -0.2) is 11.2 Å². The van der Waals surface area contributed by atoms with Crippen molar-refractivity contribution in [2.45, 2.75) is 59.5 Å². The van der Waals surface area contributed by atoms with Gasteiger partial charge in [0, 0.05) is 0 Å². The summed E-state index contributed by atoms with van der Waals surface area (Å²) in [6, 6.07) is 0. The van der Waals surface area contributed by atoms with Crippen LogP contribution >= 0.6 is 0 Å². The lowest BCUT2D eigenvalue weighted by Crippen LogP contribution is -2.22. The second-order valence-corrected chi connectivity index (χ2v) is 5.57. The first-order valence-corrected chi connectivity index (χ1v) is 5.64. The molecule has 78 valence electrons. The van der Waals surface area contributed by atoms with Gasteiger partial charge in [-0.15, -0.1) is 0 Å². The van der Waals surface area contributed by atoms with E-state index in [1.165, 1.54) is 12.8 Å². The molecule has 3 atom stereocenters. The summed E-state index contributed by atoms with van der Waals surface area (Å²) in [6.07, 6.45) is 4.51. The Labute approximate surface area is 82.5 Å². The van der Waals surface area contributed by atoms with Gasteiger partial charge in [-0.2, -0.15) is 0 Å². The summed E-state index contributed by atoms with van der Waals surface area (Å²) in [6.45, 7) is 9.08. The summed E-state index contributed by atoms with van der Waals surface area (Å²) in [4.78, 5) is 0. The predicted molar refractivity (Wildman–Crippen MR) is 56.6 cm³/mol. The van der Waals surface area contributed by atoms with Crippen molar-refractivity contribution in [2.75, 3.05) is 0 Å². The van der Waals surface area contributed by atoms with Crippen LogP contribution in [0.15, 0.2) is 0 Å². The van der Waals surface area contributed by atoms with Gasteiger partial charge in [-0.05, 0) is 36.5 Å². The Bertz CT molecular complexity index is 163. The van der Waals surface area contributed by atoms with Gasteiger partial charge in [0.1, 0.15) is 0 Å². The third-order valence-corrected chi connectivity index (χ3v) is 3.47. The average molecular weight is 184 g/mol. The van der Waals surface area contributed by atoms with E-state index in [1.54, 1.807) is 0 Å². The zero-order valence-corrected chi connectivity index (χ0v) is 9.51. The van der Waals surface area contributed by atoms with Gasteiger partial charge in [0.25, 0.3) is 0 Å². The van der Waals surface area contributed by atoms with E-state index in [4.69, 9.17) is 0 Å². The first-order chi connectivity index (χ1) is 5.96. The van der Waals surface area contributed by atoms with E-state index in [-0.39, 0.29) is 6.10 Å². The lowest BCUT2D eigenvalue weighted by atomic mass is 9.88. The fourth-order valence-corrected chi connectivity index (χ4v) is 2.97. The van der Waals surface area contributed by atoms with Gasteiger partial charge in [-0.1, -0.05) is 34.1 Å². The van der Waals surface area contributed by atoms with Gasteiger partial charge in [0.2, 0.25) is 0 Å². The third-order valence-electron chi connectivity index (χ3n) is 3.47. The molecule has 1 rings (SSSR count). The van der Waals surface area contributed by atoms with Crippen molar-refractivity contribution in [1.82, 2.24) is 0 Å². The maximum Gasteiger partial charge on any atom is 0.0571 e. The lowest BCUT2D eigenvalue weighted by Gasteiger charge is -2.22. The number of hydrogen-bond donors (Lipinski definition) is 1. The van der Waals surface area contributed by atoms with Crippen molar-refractivity contribution in [3.8, 4) is 0 Å². The van der Waals surface area contributed by atoms with Gasteiger partial charge in [-0.3, -0.25) is 0 Å². The largest absolute Gasteiger partial charge is 0.393 e. The highest BCUT2D eigenvalue weighted by molar-refractivity contribution is 4.89. The molecule has 1 saturated carbocycles. The zero-order valence-electron chi connectivity index (χ0n) is 9.51. The summed E-state index contributed by atoms with van der Waals surface area (Å²) in [5, 5.41) is 9.95. The van der Waals surface area contributed by atoms with Gasteiger partial charge in [0.05, 0.1) is 6.10 Å². The normalized spacial score (nSPS) is 34.8. The van der Waals surface area contributed by atoms with Gasteiger partial charge in [-0.25, -0.2) is 0 Å². The van der Waals surface area contributed by atoms with Crippen molar-refractivity contribution in [3.63, 3.8) is 0 Å². The topological polar surface area (TPSA) is 20.2 Å². The van der Waals surface area contributed by atoms with E-state index < -0.39 is 0 Å². The van der Waals surface area contributed by atoms with E-state index in [0.717, 1.165) is 12.8 Å². The number of rotatable bonds is 3. The molecule has 1 fully saturated rings. The number of hydrogen-bond acceptors (Lipinski definition) is 1. The first kappa shape index (κ1) is 11.0. The Morgan fingerprint density at radius 3 is 2.38 bits per heavy atom. The van der Waals surface area contributed by atoms with Crippen LogP contribution in [0.3, 0.4) is 0 Å². The van der Waals surface area contributed by atoms with Crippen molar-refractivity contribution in [1.29, 1.82) is 0 Å². The van der Waals surface area contributed by atoms with Crippen molar-refractivity contribution >= 4 is 0 Å². The van der Waals surface area contributed by atoms with Crippen LogP contribution in [0.1, 0.15) is 53.4 Å². The Morgan fingerprint density at radius 1 is 1.38 bits per heavy atom. The van der Waals surface area contributed by atoms with Crippen LogP contribution in [0, 0.1) is 17.3 Å². The number of aliphatic hydroxyl groups is 1. The molecule has 0 bridgehead atoms. The predicted octanol–water partition coefficient (Wildman–Crippen LogP) is 3.22. The molecule has 1 N–H and O–H groups in total. The highest BCUT2D eigenvalue weighted by atomic mass is 16.3. The molecule has 13 heavy (non-hydrogen) atoms. The van der Waals surface area contributed by atoms with E-state index in [2.05, 4.69) is 27.7 Å². The van der Waals surface area contributed by atoms with Gasteiger partial charge in [0.15, 0.2) is 0 Å². The lowest BCUT2D eigenvalue weighted by molar-refractivity contribution is 0.0782. The van der Waals surface area contributed by atoms with Gasteiger partial charge >= 0.3 is 0 Å². The fraction of sp³-hybridized carbons (Fsp3) is 1.00. The summed E-state index contributed by atoms with van der Waals surface area (Å²) in [7, 11) is 0. The Kier molecular flexibility index (Phi) is 3.39. The molecule has 0 aliphatic heterocycles. The number of aliphatic hydroxyl groups excluding tert-OH is 1. The molecule has 0 amide bonds. The van der Waals surface area contributed by atoms with E-state index in [0.29, 0.717) is 17.3 Å². The second-order valence-electron chi connectivity index (χ2n) is 5.57. The Hall–Kier alpha value is -0.0400. The molecular formula is C12H24O. The highest BCUT2D eigenvalue weighted by Crippen LogP contribution is 2.46. The van der Waals surface area contributed by atoms with Crippen LogP contribution in [-0.2, 0) is 0 Å². The minimum atomic E-state index is -0.0539. The Balaban J connectivity index is 2.52. The summed E-state index contributed by atoms with van der Waals surface area (Å²) in [5.41, 5.74) is 0.457. The fourth-order valence-electron chi connectivity index (χ4n) is 2.97. The molecule has 1 nitrogen and oxygen atoms in total. The third kappa shape index (κ3) is 2.70. The molecule has 0 aromatic heterocycles. The van der Waals surface area contributed by atoms with E-state index >= 15 is 0 Å². The van der Waals surface area contributed by atoms with Crippen molar-refractivity contribution < 1.29 is 5.11 Å². The molecule has 0 aromatic carbocycles. The van der Waals surface area contributed by atoms with E-state index in [1.807, 2.05) is 0 Å². The molecule has 0 aromatic rings. The monoisotopic (exact) mass is 184 g/mol. The second kappa shape index (κ2) is 4.00. The minimum Gasteiger partial charge on any atom is -0.393 e. The van der Waals surface area contributed by atoms with Crippen molar-refractivity contribution in [3.05, 3.63) is 0 Å². The maximum atomic E-state index is 9.95. The molecule has 3 unspecified atom stereocenters. The average Bonchev–Trinajstić information content (AvgIpc) is 2.25. The molecular weight excluding hydrogens is 160 g/mol. The Morgan fingerprint density at radius 2 is 2.00 bits per heavy atom. The minimum absolute atomic E-state index is 0.0539. The molecule has 1 aliphatic rings. The summed E-state index contributed by atoms with van der Waals surface area (Å²) in [5.74, 6) is 1.26. The SMILES string of the molecule is CCCC(O)C1CC(C)(C)CC1C. The molecule has 1 heteroatoms. The smallest absolute Gasteiger partial charge is 0.0571 e. The molecule has 0 heterocycles. The van der Waals surface area contributed by atoms with Crippen LogP contribution in [0.2, 0.25) is 0 Å². The van der Waals surface area contributed by atoms with Crippen LogP contribution in [0.5, 0.6) is 0 Å². The van der Waals surface area contributed by atoms with Crippen molar-refractivity contribution in [2.24, 2.45) is 17.3 Å². The van der Waals surface area contributed by atoms with Crippen LogP contribution < -0.4 is 0 Å². The summed E-state index contributed by atoms with van der Waals surface area (Å²) < 4.78 is 0. The molecule has 0 spiro atoms. The first-order valence-electron chi connectivity index (χ1n) is 5.64.